The first kappa shape index (κ1) is 10.1. The third-order valence-electron chi connectivity index (χ3n) is 2.53. The molecule has 1 heterocycles. The summed E-state index contributed by atoms with van der Waals surface area (Å²) in [6.45, 7) is 1.99. The van der Waals surface area contributed by atoms with Gasteiger partial charge in [0.25, 0.3) is 0 Å². The van der Waals surface area contributed by atoms with E-state index >= 15 is 0 Å². The molecule has 1 atom stereocenters. The molecule has 1 aromatic rings. The summed E-state index contributed by atoms with van der Waals surface area (Å²) in [5, 5.41) is 9.69. The van der Waals surface area contributed by atoms with Crippen LogP contribution in [0.15, 0.2) is 23.8 Å². The van der Waals surface area contributed by atoms with Crippen LogP contribution in [0.3, 0.4) is 0 Å². The minimum Gasteiger partial charge on any atom is -0.493 e. The highest BCUT2D eigenvalue weighted by Gasteiger charge is 2.21. The summed E-state index contributed by atoms with van der Waals surface area (Å²) >= 11 is 0. The SMILES string of the molecule is CCC1=Cc2cccc(OC)c2O[C@@H]1O. The fraction of sp³-hybridized carbons (Fsp3) is 0.333. The van der Waals surface area contributed by atoms with Crippen molar-refractivity contribution in [2.24, 2.45) is 0 Å². The first-order valence-electron chi connectivity index (χ1n) is 4.98. The summed E-state index contributed by atoms with van der Waals surface area (Å²) in [7, 11) is 1.59. The number of aliphatic hydroxyl groups excluding tert-OH is 1. The third kappa shape index (κ3) is 1.70. The lowest BCUT2D eigenvalue weighted by molar-refractivity contribution is 0.00886. The smallest absolute Gasteiger partial charge is 0.220 e. The topological polar surface area (TPSA) is 38.7 Å². The Labute approximate surface area is 88.9 Å². The van der Waals surface area contributed by atoms with Crippen molar-refractivity contribution in [2.45, 2.75) is 19.6 Å². The molecule has 1 N–H and O–H groups in total. The van der Waals surface area contributed by atoms with E-state index in [-0.39, 0.29) is 0 Å². The van der Waals surface area contributed by atoms with E-state index in [1.807, 2.05) is 31.2 Å². The second kappa shape index (κ2) is 3.95. The normalized spacial score (nSPS) is 18.9. The van der Waals surface area contributed by atoms with Gasteiger partial charge in [-0.15, -0.1) is 0 Å². The van der Waals surface area contributed by atoms with Crippen LogP contribution >= 0.6 is 0 Å². The van der Waals surface area contributed by atoms with Gasteiger partial charge in [-0.25, -0.2) is 0 Å². The van der Waals surface area contributed by atoms with Gasteiger partial charge in [0, 0.05) is 5.56 Å². The molecule has 0 bridgehead atoms. The van der Waals surface area contributed by atoms with E-state index in [9.17, 15) is 5.11 Å². The summed E-state index contributed by atoms with van der Waals surface area (Å²) in [5.41, 5.74) is 1.84. The van der Waals surface area contributed by atoms with Crippen molar-refractivity contribution in [3.63, 3.8) is 0 Å². The number of fused-ring (bicyclic) bond motifs is 1. The number of ether oxygens (including phenoxy) is 2. The number of hydrogen-bond acceptors (Lipinski definition) is 3. The zero-order valence-electron chi connectivity index (χ0n) is 8.86. The minimum absolute atomic E-state index is 0.615. The maximum Gasteiger partial charge on any atom is 0.220 e. The molecule has 0 aromatic heterocycles. The van der Waals surface area contributed by atoms with Gasteiger partial charge in [-0.3, -0.25) is 0 Å². The molecule has 0 amide bonds. The summed E-state index contributed by atoms with van der Waals surface area (Å²) in [6, 6.07) is 5.66. The lowest BCUT2D eigenvalue weighted by Crippen LogP contribution is -2.21. The van der Waals surface area contributed by atoms with Gasteiger partial charge < -0.3 is 14.6 Å². The van der Waals surface area contributed by atoms with Gasteiger partial charge in [-0.1, -0.05) is 19.1 Å². The lowest BCUT2D eigenvalue weighted by atomic mass is 10.0. The Kier molecular flexibility index (Phi) is 2.64. The summed E-state index contributed by atoms with van der Waals surface area (Å²) in [5.74, 6) is 1.27. The second-order valence-corrected chi connectivity index (χ2v) is 3.42. The van der Waals surface area contributed by atoms with E-state index in [1.54, 1.807) is 7.11 Å². The molecule has 0 unspecified atom stereocenters. The Bertz CT molecular complexity index is 396. The quantitative estimate of drug-likeness (QED) is 0.806. The van der Waals surface area contributed by atoms with E-state index in [0.29, 0.717) is 11.5 Å². The zero-order valence-corrected chi connectivity index (χ0v) is 8.86. The van der Waals surface area contributed by atoms with Gasteiger partial charge in [0.05, 0.1) is 7.11 Å². The number of benzene rings is 1. The molecule has 0 saturated heterocycles. The molecule has 3 heteroatoms. The van der Waals surface area contributed by atoms with Crippen molar-refractivity contribution in [3.8, 4) is 11.5 Å². The molecule has 3 nitrogen and oxygen atoms in total. The van der Waals surface area contributed by atoms with Crippen LogP contribution in [-0.2, 0) is 0 Å². The predicted molar refractivity (Wildman–Crippen MR) is 57.9 cm³/mol. The molecule has 0 saturated carbocycles. The maximum absolute atomic E-state index is 9.69. The van der Waals surface area contributed by atoms with Crippen molar-refractivity contribution in [1.82, 2.24) is 0 Å². The van der Waals surface area contributed by atoms with E-state index in [2.05, 4.69) is 0 Å². The Balaban J connectivity index is 2.49. The van der Waals surface area contributed by atoms with Crippen LogP contribution in [0.5, 0.6) is 11.5 Å². The molecule has 1 aliphatic rings. The molecule has 1 aliphatic heterocycles. The molecule has 0 fully saturated rings. The second-order valence-electron chi connectivity index (χ2n) is 3.42. The van der Waals surface area contributed by atoms with E-state index < -0.39 is 6.29 Å². The molecule has 15 heavy (non-hydrogen) atoms. The van der Waals surface area contributed by atoms with Crippen LogP contribution < -0.4 is 9.47 Å². The Morgan fingerprint density at radius 1 is 1.47 bits per heavy atom. The Hall–Kier alpha value is -1.48. The molecule has 1 aromatic carbocycles. The molecule has 80 valence electrons. The fourth-order valence-electron chi connectivity index (χ4n) is 1.67. The van der Waals surface area contributed by atoms with E-state index in [4.69, 9.17) is 9.47 Å². The van der Waals surface area contributed by atoms with Gasteiger partial charge in [-0.05, 0) is 24.1 Å². The largest absolute Gasteiger partial charge is 0.493 e. The van der Waals surface area contributed by atoms with Gasteiger partial charge in [0.15, 0.2) is 11.5 Å². The maximum atomic E-state index is 9.69. The monoisotopic (exact) mass is 206 g/mol. The molecular weight excluding hydrogens is 192 g/mol. The van der Waals surface area contributed by atoms with Crippen LogP contribution in [0.4, 0.5) is 0 Å². The average Bonchev–Trinajstić information content (AvgIpc) is 2.27. The third-order valence-corrected chi connectivity index (χ3v) is 2.53. The van der Waals surface area contributed by atoms with Crippen molar-refractivity contribution in [2.75, 3.05) is 7.11 Å². The minimum atomic E-state index is -0.848. The first-order valence-corrected chi connectivity index (χ1v) is 4.98. The molecule has 0 spiro atoms. The Morgan fingerprint density at radius 3 is 2.93 bits per heavy atom. The van der Waals surface area contributed by atoms with E-state index in [0.717, 1.165) is 17.6 Å². The summed E-state index contributed by atoms with van der Waals surface area (Å²) in [6.07, 6.45) is 1.88. The van der Waals surface area contributed by atoms with Crippen molar-refractivity contribution in [1.29, 1.82) is 0 Å². The Morgan fingerprint density at radius 2 is 2.27 bits per heavy atom. The van der Waals surface area contributed by atoms with Gasteiger partial charge in [0.1, 0.15) is 0 Å². The molecule has 0 aliphatic carbocycles. The number of methoxy groups -OCH3 is 1. The van der Waals surface area contributed by atoms with Crippen molar-refractivity contribution in [3.05, 3.63) is 29.3 Å². The van der Waals surface area contributed by atoms with Crippen molar-refractivity contribution >= 4 is 6.08 Å². The predicted octanol–water partition coefficient (Wildman–Crippen LogP) is 2.20. The van der Waals surface area contributed by atoms with Crippen molar-refractivity contribution < 1.29 is 14.6 Å². The molecule has 0 radical (unpaired) electrons. The highest BCUT2D eigenvalue weighted by molar-refractivity contribution is 5.66. The number of hydrogen-bond donors (Lipinski definition) is 1. The van der Waals surface area contributed by atoms with Gasteiger partial charge in [-0.2, -0.15) is 0 Å². The number of para-hydroxylation sites is 1. The van der Waals surface area contributed by atoms with Gasteiger partial charge >= 0.3 is 0 Å². The number of rotatable bonds is 2. The fourth-order valence-corrected chi connectivity index (χ4v) is 1.67. The summed E-state index contributed by atoms with van der Waals surface area (Å²) in [4.78, 5) is 0. The first-order chi connectivity index (χ1) is 7.26. The zero-order chi connectivity index (χ0) is 10.8. The average molecular weight is 206 g/mol. The van der Waals surface area contributed by atoms with Crippen LogP contribution in [0.2, 0.25) is 0 Å². The van der Waals surface area contributed by atoms with Crippen LogP contribution in [0, 0.1) is 0 Å². The van der Waals surface area contributed by atoms with Crippen LogP contribution in [-0.4, -0.2) is 18.5 Å². The number of aliphatic hydroxyl groups is 1. The van der Waals surface area contributed by atoms with E-state index in [1.165, 1.54) is 0 Å². The lowest BCUT2D eigenvalue weighted by Gasteiger charge is -2.23. The molecular formula is C12H14O3. The van der Waals surface area contributed by atoms with Gasteiger partial charge in [0.2, 0.25) is 6.29 Å². The standard InChI is InChI=1S/C12H14O3/c1-3-8-7-9-5-4-6-10(14-2)11(9)15-12(8)13/h4-7,12-13H,3H2,1-2H3/t12-/m0/s1. The van der Waals surface area contributed by atoms with Crippen LogP contribution in [0.25, 0.3) is 6.08 Å². The highest BCUT2D eigenvalue weighted by Crippen LogP contribution is 2.37. The molecule has 2 rings (SSSR count). The summed E-state index contributed by atoms with van der Waals surface area (Å²) < 4.78 is 10.6. The van der Waals surface area contributed by atoms with Crippen LogP contribution in [0.1, 0.15) is 18.9 Å². The highest BCUT2D eigenvalue weighted by atomic mass is 16.6.